The highest BCUT2D eigenvalue weighted by atomic mass is 19.1. The van der Waals surface area contributed by atoms with E-state index in [9.17, 15) is 13.6 Å². The standard InChI is InChI=1S/C19H21F2NO4/c1-12(22-19(23)14-8-15(20)11-16(21)9-14)13-4-5-17(18(10-13)25-3)26-7-6-24-2/h4-5,8-12H,6-7H2,1-3H3,(H,22,23)/t12-/m0/s1. The van der Waals surface area contributed by atoms with Gasteiger partial charge in [-0.05, 0) is 36.8 Å². The average molecular weight is 365 g/mol. The van der Waals surface area contributed by atoms with Gasteiger partial charge in [-0.2, -0.15) is 0 Å². The molecular formula is C19H21F2NO4. The van der Waals surface area contributed by atoms with Crippen LogP contribution in [0.25, 0.3) is 0 Å². The van der Waals surface area contributed by atoms with E-state index in [2.05, 4.69) is 5.32 Å². The molecule has 2 aromatic carbocycles. The van der Waals surface area contributed by atoms with Crippen LogP contribution in [0, 0.1) is 11.6 Å². The lowest BCUT2D eigenvalue weighted by Gasteiger charge is -2.17. The third kappa shape index (κ3) is 5.16. The summed E-state index contributed by atoms with van der Waals surface area (Å²) in [5.41, 5.74) is 0.673. The summed E-state index contributed by atoms with van der Waals surface area (Å²) in [4.78, 5) is 12.2. The molecule has 1 atom stereocenters. The van der Waals surface area contributed by atoms with Crippen molar-refractivity contribution >= 4 is 5.91 Å². The van der Waals surface area contributed by atoms with E-state index in [0.29, 0.717) is 30.8 Å². The first kappa shape index (κ1) is 19.7. The molecule has 0 radical (unpaired) electrons. The van der Waals surface area contributed by atoms with Crippen LogP contribution in [0.4, 0.5) is 8.78 Å². The molecule has 0 bridgehead atoms. The van der Waals surface area contributed by atoms with Crippen LogP contribution in [0.1, 0.15) is 28.9 Å². The molecule has 0 saturated heterocycles. The number of halogens is 2. The number of amides is 1. The zero-order chi connectivity index (χ0) is 19.1. The van der Waals surface area contributed by atoms with Crippen molar-refractivity contribution in [2.45, 2.75) is 13.0 Å². The smallest absolute Gasteiger partial charge is 0.251 e. The first-order chi connectivity index (χ1) is 12.4. The summed E-state index contributed by atoms with van der Waals surface area (Å²) in [6, 6.07) is 7.52. The summed E-state index contributed by atoms with van der Waals surface area (Å²) in [6.07, 6.45) is 0. The molecule has 2 rings (SSSR count). The van der Waals surface area contributed by atoms with E-state index in [0.717, 1.165) is 17.7 Å². The van der Waals surface area contributed by atoms with Gasteiger partial charge in [0.05, 0.1) is 19.8 Å². The van der Waals surface area contributed by atoms with Gasteiger partial charge in [0.1, 0.15) is 18.2 Å². The van der Waals surface area contributed by atoms with Crippen LogP contribution in [-0.2, 0) is 4.74 Å². The Morgan fingerprint density at radius 3 is 2.35 bits per heavy atom. The van der Waals surface area contributed by atoms with Crippen molar-refractivity contribution in [3.63, 3.8) is 0 Å². The van der Waals surface area contributed by atoms with Gasteiger partial charge in [-0.3, -0.25) is 4.79 Å². The summed E-state index contributed by atoms with van der Waals surface area (Å²) in [5, 5.41) is 2.70. The molecule has 0 unspecified atom stereocenters. The molecule has 26 heavy (non-hydrogen) atoms. The van der Waals surface area contributed by atoms with Gasteiger partial charge < -0.3 is 19.5 Å². The zero-order valence-corrected chi connectivity index (χ0v) is 14.8. The Morgan fingerprint density at radius 2 is 1.73 bits per heavy atom. The Balaban J connectivity index is 2.10. The van der Waals surface area contributed by atoms with Gasteiger partial charge in [-0.15, -0.1) is 0 Å². The topological polar surface area (TPSA) is 56.8 Å². The van der Waals surface area contributed by atoms with Crippen molar-refractivity contribution in [2.24, 2.45) is 0 Å². The number of ether oxygens (including phenoxy) is 3. The SMILES string of the molecule is COCCOc1ccc([C@H](C)NC(=O)c2cc(F)cc(F)c2)cc1OC. The van der Waals surface area contributed by atoms with Crippen molar-refractivity contribution in [2.75, 3.05) is 27.4 Å². The molecule has 1 N–H and O–H groups in total. The molecule has 0 aromatic heterocycles. The highest BCUT2D eigenvalue weighted by Gasteiger charge is 2.15. The summed E-state index contributed by atoms with van der Waals surface area (Å²) in [5.74, 6) is -1.12. The lowest BCUT2D eigenvalue weighted by atomic mass is 10.1. The number of hydrogen-bond acceptors (Lipinski definition) is 4. The van der Waals surface area contributed by atoms with E-state index in [1.807, 2.05) is 0 Å². The van der Waals surface area contributed by atoms with Crippen LogP contribution in [0.5, 0.6) is 11.5 Å². The first-order valence-corrected chi connectivity index (χ1v) is 8.01. The summed E-state index contributed by atoms with van der Waals surface area (Å²) < 4.78 is 42.3. The predicted octanol–water partition coefficient (Wildman–Crippen LogP) is 3.49. The van der Waals surface area contributed by atoms with Gasteiger partial charge >= 0.3 is 0 Å². The van der Waals surface area contributed by atoms with Gasteiger partial charge in [0.15, 0.2) is 11.5 Å². The lowest BCUT2D eigenvalue weighted by Crippen LogP contribution is -2.26. The average Bonchev–Trinajstić information content (AvgIpc) is 2.61. The predicted molar refractivity (Wildman–Crippen MR) is 92.6 cm³/mol. The highest BCUT2D eigenvalue weighted by Crippen LogP contribution is 2.30. The maximum absolute atomic E-state index is 13.3. The number of carbonyl (C=O) groups is 1. The van der Waals surface area contributed by atoms with E-state index in [4.69, 9.17) is 14.2 Å². The number of benzene rings is 2. The molecule has 0 spiro atoms. The van der Waals surface area contributed by atoms with E-state index in [-0.39, 0.29) is 5.56 Å². The molecule has 140 valence electrons. The third-order valence-electron chi connectivity index (χ3n) is 3.71. The van der Waals surface area contributed by atoms with E-state index in [1.54, 1.807) is 32.2 Å². The van der Waals surface area contributed by atoms with Crippen LogP contribution in [0.2, 0.25) is 0 Å². The van der Waals surface area contributed by atoms with Crippen molar-refractivity contribution in [1.82, 2.24) is 5.32 Å². The van der Waals surface area contributed by atoms with Gasteiger partial charge in [0.25, 0.3) is 5.91 Å². The van der Waals surface area contributed by atoms with E-state index >= 15 is 0 Å². The largest absolute Gasteiger partial charge is 0.493 e. The van der Waals surface area contributed by atoms with Crippen molar-refractivity contribution < 1.29 is 27.8 Å². The second-order valence-corrected chi connectivity index (χ2v) is 5.60. The number of methoxy groups -OCH3 is 2. The fourth-order valence-corrected chi connectivity index (χ4v) is 2.36. The molecule has 7 heteroatoms. The van der Waals surface area contributed by atoms with Crippen molar-refractivity contribution in [3.05, 3.63) is 59.2 Å². The van der Waals surface area contributed by atoms with Crippen LogP contribution in [-0.4, -0.2) is 33.3 Å². The van der Waals surface area contributed by atoms with Gasteiger partial charge in [0.2, 0.25) is 0 Å². The molecule has 0 aliphatic rings. The fourth-order valence-electron chi connectivity index (χ4n) is 2.36. The van der Waals surface area contributed by atoms with Crippen molar-refractivity contribution in [1.29, 1.82) is 0 Å². The third-order valence-corrected chi connectivity index (χ3v) is 3.71. The Bertz CT molecular complexity index is 747. The molecule has 5 nitrogen and oxygen atoms in total. The summed E-state index contributed by atoms with van der Waals surface area (Å²) in [6.45, 7) is 2.58. The minimum atomic E-state index is -0.804. The zero-order valence-electron chi connectivity index (χ0n) is 14.8. The van der Waals surface area contributed by atoms with Crippen LogP contribution >= 0.6 is 0 Å². The summed E-state index contributed by atoms with van der Waals surface area (Å²) in [7, 11) is 3.10. The van der Waals surface area contributed by atoms with E-state index in [1.165, 1.54) is 7.11 Å². The van der Waals surface area contributed by atoms with Crippen LogP contribution in [0.15, 0.2) is 36.4 Å². The molecular weight excluding hydrogens is 344 g/mol. The Labute approximate surface area is 150 Å². The molecule has 1 amide bonds. The van der Waals surface area contributed by atoms with Gasteiger partial charge in [-0.25, -0.2) is 8.78 Å². The van der Waals surface area contributed by atoms with E-state index < -0.39 is 23.6 Å². The normalized spacial score (nSPS) is 11.7. The maximum Gasteiger partial charge on any atom is 0.251 e. The monoisotopic (exact) mass is 365 g/mol. The molecule has 0 fully saturated rings. The number of rotatable bonds is 8. The molecule has 0 saturated carbocycles. The second kappa shape index (κ2) is 9.15. The molecule has 0 aliphatic heterocycles. The minimum absolute atomic E-state index is 0.0826. The molecule has 2 aromatic rings. The Kier molecular flexibility index (Phi) is 6.91. The van der Waals surface area contributed by atoms with Crippen LogP contribution in [0.3, 0.4) is 0 Å². The quantitative estimate of drug-likeness (QED) is 0.728. The van der Waals surface area contributed by atoms with Gasteiger partial charge in [0, 0.05) is 18.7 Å². The Morgan fingerprint density at radius 1 is 1.04 bits per heavy atom. The first-order valence-electron chi connectivity index (χ1n) is 8.01. The molecule has 0 aliphatic carbocycles. The minimum Gasteiger partial charge on any atom is -0.493 e. The van der Waals surface area contributed by atoms with Crippen LogP contribution < -0.4 is 14.8 Å². The Hall–Kier alpha value is -2.67. The lowest BCUT2D eigenvalue weighted by molar-refractivity contribution is 0.0939. The van der Waals surface area contributed by atoms with Gasteiger partial charge in [-0.1, -0.05) is 6.07 Å². The summed E-state index contributed by atoms with van der Waals surface area (Å²) >= 11 is 0. The fraction of sp³-hybridized carbons (Fsp3) is 0.316. The maximum atomic E-state index is 13.3. The number of hydrogen-bond donors (Lipinski definition) is 1. The molecule has 0 heterocycles. The number of nitrogens with one attached hydrogen (secondary N) is 1. The highest BCUT2D eigenvalue weighted by molar-refractivity contribution is 5.94. The number of carbonyl (C=O) groups excluding carboxylic acids is 1. The van der Waals surface area contributed by atoms with Crippen molar-refractivity contribution in [3.8, 4) is 11.5 Å². The second-order valence-electron chi connectivity index (χ2n) is 5.60.